The van der Waals surface area contributed by atoms with E-state index in [0.29, 0.717) is 22.6 Å². The van der Waals surface area contributed by atoms with Crippen molar-refractivity contribution in [2.24, 2.45) is 0 Å². The van der Waals surface area contributed by atoms with Gasteiger partial charge in [-0.25, -0.2) is 14.8 Å². The fraction of sp³-hybridized carbons (Fsp3) is 0.316. The van der Waals surface area contributed by atoms with Crippen LogP contribution in [0.4, 0.5) is 8.78 Å². The Balaban J connectivity index is 1.98. The number of aliphatic carboxylic acids is 1. The molecule has 30 heavy (non-hydrogen) atoms. The smallest absolute Gasteiger partial charge is 0.376 e. The minimum atomic E-state index is -4.08. The molecule has 0 aliphatic heterocycles. The quantitative estimate of drug-likeness (QED) is 0.601. The summed E-state index contributed by atoms with van der Waals surface area (Å²) in [5.74, 6) is -6.83. The number of nitrogens with one attached hydrogen (secondary N) is 1. The predicted octanol–water partition coefficient (Wildman–Crippen LogP) is 1.95. The molecular formula is C19H19F2N5O4. The molecule has 0 unspecified atom stereocenters. The minimum absolute atomic E-state index is 0.0462. The Kier molecular flexibility index (Phi) is 5.63. The number of fused-ring (bicyclic) bond motifs is 1. The van der Waals surface area contributed by atoms with E-state index in [-0.39, 0.29) is 12.1 Å². The molecule has 0 spiro atoms. The highest BCUT2D eigenvalue weighted by atomic mass is 19.3. The summed E-state index contributed by atoms with van der Waals surface area (Å²) in [6, 6.07) is 1.80. The van der Waals surface area contributed by atoms with E-state index in [1.807, 2.05) is 12.2 Å². The number of aryl methyl sites for hydroxylation is 1. The van der Waals surface area contributed by atoms with Crippen LogP contribution in [-0.2, 0) is 11.3 Å². The van der Waals surface area contributed by atoms with E-state index in [0.717, 1.165) is 11.1 Å². The van der Waals surface area contributed by atoms with Gasteiger partial charge < -0.3 is 19.7 Å². The average Bonchev–Trinajstić information content (AvgIpc) is 3.05. The summed E-state index contributed by atoms with van der Waals surface area (Å²) in [6.07, 6.45) is 4.38. The zero-order valence-electron chi connectivity index (χ0n) is 16.4. The summed E-state index contributed by atoms with van der Waals surface area (Å²) in [5, 5.41) is 10.5. The number of rotatable bonds is 7. The zero-order valence-corrected chi connectivity index (χ0v) is 16.4. The van der Waals surface area contributed by atoms with Gasteiger partial charge in [0.1, 0.15) is 11.8 Å². The van der Waals surface area contributed by atoms with Crippen molar-refractivity contribution in [2.45, 2.75) is 26.3 Å². The van der Waals surface area contributed by atoms with Crippen molar-refractivity contribution in [3.05, 3.63) is 47.2 Å². The summed E-state index contributed by atoms with van der Waals surface area (Å²) in [6.45, 7) is 2.55. The number of hydrogen-bond donors (Lipinski definition) is 2. The van der Waals surface area contributed by atoms with Gasteiger partial charge in [0.2, 0.25) is 5.88 Å². The molecule has 11 heteroatoms. The maximum Gasteiger partial charge on any atom is 0.376 e. The number of hydrogen-bond acceptors (Lipinski definition) is 6. The molecular weight excluding hydrogens is 400 g/mol. The monoisotopic (exact) mass is 419 g/mol. The molecule has 0 atom stereocenters. The van der Waals surface area contributed by atoms with E-state index < -0.39 is 24.3 Å². The number of methoxy groups -OCH3 is 1. The SMILES string of the molecule is COc1ncnc(Cn2cc(C(=O)NCC(F)(F)C(=O)O)c3ncc(C)cc32)c1C. The molecule has 0 fully saturated rings. The number of carbonyl (C=O) groups is 2. The van der Waals surface area contributed by atoms with Crippen LogP contribution in [0.3, 0.4) is 0 Å². The van der Waals surface area contributed by atoms with E-state index in [9.17, 15) is 18.4 Å². The molecule has 0 saturated carbocycles. The molecule has 3 aromatic rings. The molecule has 0 saturated heterocycles. The van der Waals surface area contributed by atoms with Crippen LogP contribution in [0.2, 0.25) is 0 Å². The molecule has 2 N–H and O–H groups in total. The second-order valence-corrected chi connectivity index (χ2v) is 6.70. The van der Waals surface area contributed by atoms with E-state index in [4.69, 9.17) is 9.84 Å². The first-order chi connectivity index (χ1) is 14.1. The zero-order chi connectivity index (χ0) is 22.1. The first kappa shape index (κ1) is 21.1. The lowest BCUT2D eigenvalue weighted by Gasteiger charge is -2.11. The topological polar surface area (TPSA) is 119 Å². The molecule has 0 radical (unpaired) electrons. The first-order valence-electron chi connectivity index (χ1n) is 8.83. The highest BCUT2D eigenvalue weighted by Crippen LogP contribution is 2.24. The van der Waals surface area contributed by atoms with Crippen LogP contribution in [0.5, 0.6) is 5.88 Å². The number of aromatic nitrogens is 4. The Morgan fingerprint density at radius 1 is 1.27 bits per heavy atom. The van der Waals surface area contributed by atoms with Gasteiger partial charge >= 0.3 is 11.9 Å². The molecule has 158 valence electrons. The highest BCUT2D eigenvalue weighted by Gasteiger charge is 2.39. The molecule has 3 aromatic heterocycles. The van der Waals surface area contributed by atoms with Crippen molar-refractivity contribution >= 4 is 22.9 Å². The van der Waals surface area contributed by atoms with Gasteiger partial charge in [-0.3, -0.25) is 9.78 Å². The summed E-state index contributed by atoms with van der Waals surface area (Å²) in [4.78, 5) is 35.6. The van der Waals surface area contributed by atoms with Gasteiger partial charge in [-0.15, -0.1) is 0 Å². The van der Waals surface area contributed by atoms with Crippen molar-refractivity contribution in [3.8, 4) is 5.88 Å². The van der Waals surface area contributed by atoms with Crippen molar-refractivity contribution in [2.75, 3.05) is 13.7 Å². The predicted molar refractivity (Wildman–Crippen MR) is 102 cm³/mol. The Hall–Kier alpha value is -3.63. The average molecular weight is 419 g/mol. The molecule has 0 aliphatic rings. The minimum Gasteiger partial charge on any atom is -0.481 e. The van der Waals surface area contributed by atoms with Gasteiger partial charge in [0.25, 0.3) is 5.91 Å². The van der Waals surface area contributed by atoms with E-state index in [1.165, 1.54) is 19.6 Å². The number of alkyl halides is 2. The summed E-state index contributed by atoms with van der Waals surface area (Å²) < 4.78 is 33.6. The van der Waals surface area contributed by atoms with E-state index in [1.54, 1.807) is 23.8 Å². The largest absolute Gasteiger partial charge is 0.481 e. The van der Waals surface area contributed by atoms with Gasteiger partial charge in [0.05, 0.1) is 37.0 Å². The van der Waals surface area contributed by atoms with Crippen LogP contribution in [0.15, 0.2) is 24.8 Å². The number of halogens is 2. The van der Waals surface area contributed by atoms with Gasteiger partial charge in [0.15, 0.2) is 0 Å². The molecule has 1 amide bonds. The van der Waals surface area contributed by atoms with Gasteiger partial charge in [-0.2, -0.15) is 8.78 Å². The van der Waals surface area contributed by atoms with Crippen LogP contribution < -0.4 is 10.1 Å². The molecule has 0 aromatic carbocycles. The second kappa shape index (κ2) is 8.01. The summed E-state index contributed by atoms with van der Waals surface area (Å²) >= 11 is 0. The third-order valence-corrected chi connectivity index (χ3v) is 4.54. The fourth-order valence-electron chi connectivity index (χ4n) is 2.92. The van der Waals surface area contributed by atoms with Crippen LogP contribution >= 0.6 is 0 Å². The number of carbonyl (C=O) groups excluding carboxylic acids is 1. The third-order valence-electron chi connectivity index (χ3n) is 4.54. The second-order valence-electron chi connectivity index (χ2n) is 6.70. The lowest BCUT2D eigenvalue weighted by atomic mass is 10.2. The van der Waals surface area contributed by atoms with Crippen molar-refractivity contribution in [1.82, 2.24) is 24.8 Å². The lowest BCUT2D eigenvalue weighted by molar-refractivity contribution is -0.163. The molecule has 3 heterocycles. The number of pyridine rings is 1. The van der Waals surface area contributed by atoms with Crippen molar-refractivity contribution in [1.29, 1.82) is 0 Å². The van der Waals surface area contributed by atoms with Gasteiger partial charge in [0, 0.05) is 18.0 Å². The van der Waals surface area contributed by atoms with Crippen LogP contribution in [0.25, 0.3) is 11.0 Å². The Labute approximate surface area is 169 Å². The lowest BCUT2D eigenvalue weighted by Crippen LogP contribution is -2.42. The number of carboxylic acids is 1. The summed E-state index contributed by atoms with van der Waals surface area (Å²) in [7, 11) is 1.49. The van der Waals surface area contributed by atoms with Gasteiger partial charge in [-0.1, -0.05) is 0 Å². The number of nitrogens with zero attached hydrogens (tertiary/aromatic N) is 4. The van der Waals surface area contributed by atoms with Gasteiger partial charge in [-0.05, 0) is 25.5 Å². The number of amides is 1. The summed E-state index contributed by atoms with van der Waals surface area (Å²) in [5.41, 5.74) is 3.14. The van der Waals surface area contributed by atoms with E-state index in [2.05, 4.69) is 15.0 Å². The molecule has 3 rings (SSSR count). The van der Waals surface area contributed by atoms with Crippen LogP contribution in [-0.4, -0.2) is 56.1 Å². The molecule has 0 bridgehead atoms. The molecule has 9 nitrogen and oxygen atoms in total. The Bertz CT molecular complexity index is 1130. The highest BCUT2D eigenvalue weighted by molar-refractivity contribution is 6.05. The number of carboxylic acid groups (broad SMARTS) is 1. The van der Waals surface area contributed by atoms with Crippen molar-refractivity contribution in [3.63, 3.8) is 0 Å². The van der Waals surface area contributed by atoms with Crippen LogP contribution in [0, 0.1) is 13.8 Å². The Morgan fingerprint density at radius 3 is 2.67 bits per heavy atom. The Morgan fingerprint density at radius 2 is 2.00 bits per heavy atom. The maximum atomic E-state index is 13.3. The molecule has 0 aliphatic carbocycles. The number of ether oxygens (including phenoxy) is 1. The standard InChI is InChI=1S/C19H19F2N5O4/c1-10-4-14-15(22-5-10)12(16(27)23-8-19(20,21)18(28)29)6-26(14)7-13-11(2)17(30-3)25-9-24-13/h4-6,9H,7-8H2,1-3H3,(H,23,27)(H,28,29). The first-order valence-corrected chi connectivity index (χ1v) is 8.83. The third kappa shape index (κ3) is 4.04. The maximum absolute atomic E-state index is 13.3. The van der Waals surface area contributed by atoms with Crippen LogP contribution in [0.1, 0.15) is 27.2 Å². The van der Waals surface area contributed by atoms with Crippen molar-refractivity contribution < 1.29 is 28.2 Å². The van der Waals surface area contributed by atoms with E-state index >= 15 is 0 Å². The fourth-order valence-corrected chi connectivity index (χ4v) is 2.92. The normalized spacial score (nSPS) is 11.5.